The molecule has 0 unspecified atom stereocenters. The molecule has 2 rings (SSSR count). The van der Waals surface area contributed by atoms with Crippen LogP contribution >= 0.6 is 27.5 Å². The van der Waals surface area contributed by atoms with Gasteiger partial charge < -0.3 is 5.73 Å². The van der Waals surface area contributed by atoms with Gasteiger partial charge in [-0.2, -0.15) is 5.10 Å². The van der Waals surface area contributed by atoms with Gasteiger partial charge in [0.2, 0.25) is 0 Å². The molecule has 0 spiro atoms. The Morgan fingerprint density at radius 3 is 2.78 bits per heavy atom. The maximum absolute atomic E-state index is 6.12. The highest BCUT2D eigenvalue weighted by Crippen LogP contribution is 2.32. The highest BCUT2D eigenvalue weighted by atomic mass is 79.9. The van der Waals surface area contributed by atoms with Crippen LogP contribution in [0.15, 0.2) is 22.7 Å². The van der Waals surface area contributed by atoms with E-state index < -0.39 is 0 Å². The van der Waals surface area contributed by atoms with Gasteiger partial charge in [-0.15, -0.1) is 0 Å². The van der Waals surface area contributed by atoms with E-state index in [1.807, 2.05) is 18.2 Å². The molecule has 18 heavy (non-hydrogen) atoms. The number of rotatable bonds is 3. The zero-order valence-electron chi connectivity index (χ0n) is 10.3. The number of nitrogens with two attached hydrogens (primary N) is 1. The first-order valence-electron chi connectivity index (χ1n) is 5.77. The summed E-state index contributed by atoms with van der Waals surface area (Å²) in [6, 6.07) is 5.82. The fraction of sp³-hybridized carbons (Fsp3) is 0.308. The fourth-order valence-corrected chi connectivity index (χ4v) is 2.31. The molecule has 0 saturated heterocycles. The highest BCUT2D eigenvalue weighted by molar-refractivity contribution is 9.10. The predicted octanol–water partition coefficient (Wildman–Crippen LogP) is 4.27. The van der Waals surface area contributed by atoms with Crippen LogP contribution < -0.4 is 5.73 Å². The molecule has 0 saturated carbocycles. The summed E-state index contributed by atoms with van der Waals surface area (Å²) in [4.78, 5) is 0. The molecular weight excluding hydrogens is 314 g/mol. The third-order valence-corrected chi connectivity index (χ3v) is 3.95. The summed E-state index contributed by atoms with van der Waals surface area (Å²) in [7, 11) is 0. The van der Waals surface area contributed by atoms with Gasteiger partial charge in [-0.25, -0.2) is 0 Å². The molecule has 1 heterocycles. The van der Waals surface area contributed by atoms with Gasteiger partial charge in [-0.3, -0.25) is 5.10 Å². The molecule has 2 aromatic rings. The van der Waals surface area contributed by atoms with Crippen molar-refractivity contribution in [3.05, 3.63) is 33.3 Å². The van der Waals surface area contributed by atoms with Gasteiger partial charge in [-0.05, 0) is 40.4 Å². The maximum atomic E-state index is 6.12. The van der Waals surface area contributed by atoms with Gasteiger partial charge in [0.25, 0.3) is 0 Å². The Labute approximate surface area is 120 Å². The molecule has 0 aliphatic heterocycles. The lowest BCUT2D eigenvalue weighted by Crippen LogP contribution is -1.99. The van der Waals surface area contributed by atoms with Crippen LogP contribution in [-0.2, 0) is 6.42 Å². The number of halogens is 2. The first kappa shape index (κ1) is 13.4. The second kappa shape index (κ2) is 5.33. The Kier molecular flexibility index (Phi) is 3.97. The van der Waals surface area contributed by atoms with Crippen molar-refractivity contribution < 1.29 is 0 Å². The minimum Gasteiger partial charge on any atom is -0.382 e. The molecule has 0 amide bonds. The zero-order valence-corrected chi connectivity index (χ0v) is 12.6. The number of nitrogen functional groups attached to an aromatic ring is 1. The lowest BCUT2D eigenvalue weighted by molar-refractivity contribution is 0.649. The summed E-state index contributed by atoms with van der Waals surface area (Å²) in [6.45, 7) is 4.32. The van der Waals surface area contributed by atoms with Crippen molar-refractivity contribution in [1.29, 1.82) is 0 Å². The number of aromatic amines is 1. The standard InChI is InChI=1S/C13H15BrClN3/c1-7(2)5-9-12(17-18-13(9)16)8-3-4-10(14)11(15)6-8/h3-4,6-7H,5H2,1-2H3,(H3,16,17,18). The second-order valence-corrected chi connectivity index (χ2v) is 5.95. The molecule has 0 aliphatic rings. The van der Waals surface area contributed by atoms with Crippen LogP contribution in [0.2, 0.25) is 5.02 Å². The molecule has 3 N–H and O–H groups in total. The van der Waals surface area contributed by atoms with Crippen molar-refractivity contribution in [3.8, 4) is 11.3 Å². The van der Waals surface area contributed by atoms with E-state index in [1.54, 1.807) is 0 Å². The summed E-state index contributed by atoms with van der Waals surface area (Å²) in [5.41, 5.74) is 8.93. The highest BCUT2D eigenvalue weighted by Gasteiger charge is 2.14. The summed E-state index contributed by atoms with van der Waals surface area (Å²) in [5, 5.41) is 7.77. The molecule has 5 heteroatoms. The van der Waals surface area contributed by atoms with Gasteiger partial charge >= 0.3 is 0 Å². The number of nitrogens with one attached hydrogen (secondary N) is 1. The van der Waals surface area contributed by atoms with Gasteiger partial charge in [0.1, 0.15) is 5.82 Å². The Hall–Kier alpha value is -1.000. The second-order valence-electron chi connectivity index (χ2n) is 4.69. The average molecular weight is 329 g/mol. The van der Waals surface area contributed by atoms with Crippen LogP contribution in [0.25, 0.3) is 11.3 Å². The summed E-state index contributed by atoms with van der Waals surface area (Å²) >= 11 is 9.50. The van der Waals surface area contributed by atoms with E-state index >= 15 is 0 Å². The van der Waals surface area contributed by atoms with Gasteiger partial charge in [0, 0.05) is 15.6 Å². The Bertz CT molecular complexity index is 563. The minimum absolute atomic E-state index is 0.523. The normalized spacial score (nSPS) is 11.2. The van der Waals surface area contributed by atoms with E-state index in [-0.39, 0.29) is 0 Å². The van der Waals surface area contributed by atoms with Crippen LogP contribution in [0.4, 0.5) is 5.82 Å². The van der Waals surface area contributed by atoms with Crippen LogP contribution in [0.1, 0.15) is 19.4 Å². The third-order valence-electron chi connectivity index (χ3n) is 2.72. The molecule has 3 nitrogen and oxygen atoms in total. The lowest BCUT2D eigenvalue weighted by Gasteiger charge is -2.07. The molecule has 96 valence electrons. The van der Waals surface area contributed by atoms with E-state index in [1.165, 1.54) is 0 Å². The predicted molar refractivity (Wildman–Crippen MR) is 79.7 cm³/mol. The van der Waals surface area contributed by atoms with Gasteiger partial charge in [0.15, 0.2) is 0 Å². The third kappa shape index (κ3) is 2.70. The topological polar surface area (TPSA) is 54.7 Å². The van der Waals surface area contributed by atoms with Crippen molar-refractivity contribution in [3.63, 3.8) is 0 Å². The number of nitrogens with zero attached hydrogens (tertiary/aromatic N) is 1. The molecule has 0 aliphatic carbocycles. The van der Waals surface area contributed by atoms with Crippen molar-refractivity contribution in [1.82, 2.24) is 10.2 Å². The van der Waals surface area contributed by atoms with Crippen molar-refractivity contribution >= 4 is 33.3 Å². The smallest absolute Gasteiger partial charge is 0.149 e. The number of aromatic nitrogens is 2. The summed E-state index contributed by atoms with van der Waals surface area (Å²) < 4.78 is 0.880. The number of hydrogen-bond donors (Lipinski definition) is 2. The lowest BCUT2D eigenvalue weighted by atomic mass is 9.99. The van der Waals surface area contributed by atoms with Crippen molar-refractivity contribution in [2.24, 2.45) is 5.92 Å². The molecule has 0 radical (unpaired) electrons. The van der Waals surface area contributed by atoms with Crippen molar-refractivity contribution in [2.75, 3.05) is 5.73 Å². The first-order valence-corrected chi connectivity index (χ1v) is 6.94. The van der Waals surface area contributed by atoms with Crippen LogP contribution in [-0.4, -0.2) is 10.2 Å². The van der Waals surface area contributed by atoms with Crippen molar-refractivity contribution in [2.45, 2.75) is 20.3 Å². The van der Waals surface area contributed by atoms with Crippen LogP contribution in [0.3, 0.4) is 0 Å². The van der Waals surface area contributed by atoms with Gasteiger partial charge in [-0.1, -0.05) is 31.5 Å². The number of anilines is 1. The first-order chi connectivity index (χ1) is 8.49. The monoisotopic (exact) mass is 327 g/mol. The maximum Gasteiger partial charge on any atom is 0.149 e. The fourth-order valence-electron chi connectivity index (χ4n) is 1.88. The van der Waals surface area contributed by atoms with Crippen LogP contribution in [0, 0.1) is 5.92 Å². The quantitative estimate of drug-likeness (QED) is 0.884. The largest absolute Gasteiger partial charge is 0.382 e. The van der Waals surface area contributed by atoms with E-state index in [0.29, 0.717) is 16.8 Å². The average Bonchev–Trinajstić information content (AvgIpc) is 2.64. The molecule has 1 aromatic heterocycles. The van der Waals surface area contributed by atoms with E-state index in [4.69, 9.17) is 17.3 Å². The van der Waals surface area contributed by atoms with E-state index in [0.717, 1.165) is 27.7 Å². The van der Waals surface area contributed by atoms with E-state index in [9.17, 15) is 0 Å². The number of H-pyrrole nitrogens is 1. The number of hydrogen-bond acceptors (Lipinski definition) is 2. The molecule has 0 bridgehead atoms. The summed E-state index contributed by atoms with van der Waals surface area (Å²) in [6.07, 6.45) is 0.894. The molecule has 0 fully saturated rings. The van der Waals surface area contributed by atoms with Crippen LogP contribution in [0.5, 0.6) is 0 Å². The Morgan fingerprint density at radius 2 is 2.17 bits per heavy atom. The molecule has 1 aromatic carbocycles. The summed E-state index contributed by atoms with van der Waals surface area (Å²) in [5.74, 6) is 1.09. The van der Waals surface area contributed by atoms with Gasteiger partial charge in [0.05, 0.1) is 10.7 Å². The van der Waals surface area contributed by atoms with E-state index in [2.05, 4.69) is 40.0 Å². The minimum atomic E-state index is 0.523. The molecule has 0 atom stereocenters. The zero-order chi connectivity index (χ0) is 13.3. The molecular formula is C13H15BrClN3. The Balaban J connectivity index is 2.47. The number of benzene rings is 1. The Morgan fingerprint density at radius 1 is 1.44 bits per heavy atom. The SMILES string of the molecule is CC(C)Cc1c(N)n[nH]c1-c1ccc(Br)c(Cl)c1.